The topological polar surface area (TPSA) is 58.6 Å². The summed E-state index contributed by atoms with van der Waals surface area (Å²) in [7, 11) is 0. The van der Waals surface area contributed by atoms with Crippen LogP contribution < -0.4 is 5.32 Å². The molecule has 1 aromatic carbocycles. The van der Waals surface area contributed by atoms with Crippen LogP contribution >= 0.6 is 11.6 Å². The summed E-state index contributed by atoms with van der Waals surface area (Å²) in [4.78, 5) is 11.1. The number of nitrogens with one attached hydrogen (secondary N) is 1. The number of aliphatic hydroxyl groups is 1. The zero-order chi connectivity index (χ0) is 13.4. The Labute approximate surface area is 112 Å². The Balaban J connectivity index is 2.14. The summed E-state index contributed by atoms with van der Waals surface area (Å²) in [5.41, 5.74) is 1.04. The van der Waals surface area contributed by atoms with Gasteiger partial charge in [0.2, 0.25) is 5.91 Å². The van der Waals surface area contributed by atoms with Crippen molar-refractivity contribution >= 4 is 17.5 Å². The third kappa shape index (κ3) is 6.00. The SMILES string of the molecule is CC(Cl)C(=O)NCC(O)COCc1ccccc1. The lowest BCUT2D eigenvalue weighted by molar-refractivity contribution is -0.121. The van der Waals surface area contributed by atoms with Crippen LogP contribution in [0.4, 0.5) is 0 Å². The highest BCUT2D eigenvalue weighted by molar-refractivity contribution is 6.30. The molecule has 0 saturated heterocycles. The van der Waals surface area contributed by atoms with E-state index in [9.17, 15) is 9.90 Å². The van der Waals surface area contributed by atoms with E-state index in [1.807, 2.05) is 30.3 Å². The third-order valence-corrected chi connectivity index (χ3v) is 2.49. The van der Waals surface area contributed by atoms with Gasteiger partial charge in [-0.05, 0) is 12.5 Å². The van der Waals surface area contributed by atoms with Gasteiger partial charge in [-0.2, -0.15) is 0 Å². The molecule has 0 bridgehead atoms. The summed E-state index contributed by atoms with van der Waals surface area (Å²) in [6.07, 6.45) is -0.729. The number of carbonyl (C=O) groups is 1. The average Bonchev–Trinajstić information content (AvgIpc) is 2.37. The zero-order valence-electron chi connectivity index (χ0n) is 10.3. The maximum absolute atomic E-state index is 11.1. The molecule has 0 aromatic heterocycles. The Hall–Kier alpha value is -1.10. The van der Waals surface area contributed by atoms with Crippen LogP contribution in [0.3, 0.4) is 0 Å². The lowest BCUT2D eigenvalue weighted by Gasteiger charge is -2.13. The van der Waals surface area contributed by atoms with E-state index < -0.39 is 11.5 Å². The molecule has 0 saturated carbocycles. The first-order valence-electron chi connectivity index (χ1n) is 5.81. The lowest BCUT2D eigenvalue weighted by Crippen LogP contribution is -2.37. The van der Waals surface area contributed by atoms with Crippen molar-refractivity contribution in [3.8, 4) is 0 Å². The maximum Gasteiger partial charge on any atom is 0.237 e. The molecule has 0 radical (unpaired) electrons. The molecule has 0 aliphatic carbocycles. The van der Waals surface area contributed by atoms with Crippen LogP contribution in [0.2, 0.25) is 0 Å². The Morgan fingerprint density at radius 3 is 2.72 bits per heavy atom. The van der Waals surface area contributed by atoms with Crippen molar-refractivity contribution in [3.63, 3.8) is 0 Å². The van der Waals surface area contributed by atoms with Gasteiger partial charge in [0.05, 0.1) is 19.3 Å². The first kappa shape index (κ1) is 15.0. The summed E-state index contributed by atoms with van der Waals surface area (Å²) in [6, 6.07) is 9.68. The normalized spacial score (nSPS) is 13.9. The highest BCUT2D eigenvalue weighted by atomic mass is 35.5. The van der Waals surface area contributed by atoms with Crippen molar-refractivity contribution in [1.29, 1.82) is 0 Å². The predicted octanol–water partition coefficient (Wildman–Crippen LogP) is 1.31. The molecule has 1 rings (SSSR count). The predicted molar refractivity (Wildman–Crippen MR) is 70.4 cm³/mol. The molecule has 0 aliphatic rings. The van der Waals surface area contributed by atoms with Gasteiger partial charge in [-0.3, -0.25) is 4.79 Å². The second-order valence-corrected chi connectivity index (χ2v) is 4.67. The lowest BCUT2D eigenvalue weighted by atomic mass is 10.2. The monoisotopic (exact) mass is 271 g/mol. The van der Waals surface area contributed by atoms with Gasteiger partial charge in [-0.15, -0.1) is 11.6 Å². The Morgan fingerprint density at radius 1 is 1.44 bits per heavy atom. The highest BCUT2D eigenvalue weighted by Gasteiger charge is 2.11. The minimum atomic E-state index is -0.729. The maximum atomic E-state index is 11.1. The Bertz CT molecular complexity index is 357. The molecule has 18 heavy (non-hydrogen) atoms. The van der Waals surface area contributed by atoms with Crippen molar-refractivity contribution < 1.29 is 14.6 Å². The summed E-state index contributed by atoms with van der Waals surface area (Å²) in [6.45, 7) is 2.34. The molecule has 0 heterocycles. The van der Waals surface area contributed by atoms with E-state index in [0.717, 1.165) is 5.56 Å². The summed E-state index contributed by atoms with van der Waals surface area (Å²) in [5.74, 6) is -0.293. The Kier molecular flexibility index (Phi) is 6.72. The van der Waals surface area contributed by atoms with Gasteiger partial charge in [0, 0.05) is 6.54 Å². The number of alkyl halides is 1. The smallest absolute Gasteiger partial charge is 0.237 e. The summed E-state index contributed by atoms with van der Waals surface area (Å²) in [5, 5.41) is 11.5. The van der Waals surface area contributed by atoms with Crippen molar-refractivity contribution in [3.05, 3.63) is 35.9 Å². The van der Waals surface area contributed by atoms with Crippen LogP contribution in [0.25, 0.3) is 0 Å². The fraction of sp³-hybridized carbons (Fsp3) is 0.462. The first-order chi connectivity index (χ1) is 8.59. The van der Waals surface area contributed by atoms with Gasteiger partial charge in [0.25, 0.3) is 0 Å². The van der Waals surface area contributed by atoms with Crippen LogP contribution in [0.15, 0.2) is 30.3 Å². The van der Waals surface area contributed by atoms with Gasteiger partial charge >= 0.3 is 0 Å². The van der Waals surface area contributed by atoms with Crippen molar-refractivity contribution in [2.75, 3.05) is 13.2 Å². The van der Waals surface area contributed by atoms with E-state index in [1.54, 1.807) is 6.92 Å². The first-order valence-corrected chi connectivity index (χ1v) is 6.24. The molecule has 2 unspecified atom stereocenters. The van der Waals surface area contributed by atoms with Gasteiger partial charge in [-0.1, -0.05) is 30.3 Å². The standard InChI is InChI=1S/C13H18ClNO3/c1-10(14)13(17)15-7-12(16)9-18-8-11-5-3-2-4-6-11/h2-6,10,12,16H,7-9H2,1H3,(H,15,17). The third-order valence-electron chi connectivity index (χ3n) is 2.29. The quantitative estimate of drug-likeness (QED) is 0.735. The molecule has 4 nitrogen and oxygen atoms in total. The molecule has 0 aliphatic heterocycles. The minimum Gasteiger partial charge on any atom is -0.389 e. The second-order valence-electron chi connectivity index (χ2n) is 4.02. The number of aliphatic hydroxyl groups excluding tert-OH is 1. The molecular formula is C13H18ClNO3. The number of hydrogen-bond donors (Lipinski definition) is 2. The van der Waals surface area contributed by atoms with E-state index in [2.05, 4.69) is 5.32 Å². The molecule has 100 valence electrons. The molecule has 5 heteroatoms. The molecule has 1 amide bonds. The van der Waals surface area contributed by atoms with Gasteiger partial charge in [-0.25, -0.2) is 0 Å². The fourth-order valence-corrected chi connectivity index (χ4v) is 1.38. The number of benzene rings is 1. The van der Waals surface area contributed by atoms with Crippen LogP contribution in [-0.2, 0) is 16.1 Å². The number of amides is 1. The molecule has 1 aromatic rings. The summed E-state index contributed by atoms with van der Waals surface area (Å²) >= 11 is 5.57. The van der Waals surface area contributed by atoms with Crippen molar-refractivity contribution in [1.82, 2.24) is 5.32 Å². The minimum absolute atomic E-state index is 0.144. The van der Waals surface area contributed by atoms with Crippen LogP contribution in [0.1, 0.15) is 12.5 Å². The summed E-state index contributed by atoms with van der Waals surface area (Å²) < 4.78 is 5.34. The molecule has 2 N–H and O–H groups in total. The number of ether oxygens (including phenoxy) is 1. The van der Waals surface area contributed by atoms with Crippen LogP contribution in [-0.4, -0.2) is 35.6 Å². The van der Waals surface area contributed by atoms with E-state index in [-0.39, 0.29) is 19.1 Å². The fourth-order valence-electron chi connectivity index (χ4n) is 1.31. The largest absolute Gasteiger partial charge is 0.389 e. The highest BCUT2D eigenvalue weighted by Crippen LogP contribution is 2.01. The second kappa shape index (κ2) is 8.08. The van der Waals surface area contributed by atoms with Gasteiger partial charge in [0.1, 0.15) is 5.38 Å². The van der Waals surface area contributed by atoms with Gasteiger partial charge < -0.3 is 15.2 Å². The molecular weight excluding hydrogens is 254 g/mol. The van der Waals surface area contributed by atoms with Crippen LogP contribution in [0.5, 0.6) is 0 Å². The number of hydrogen-bond acceptors (Lipinski definition) is 3. The average molecular weight is 272 g/mol. The Morgan fingerprint density at radius 2 is 2.11 bits per heavy atom. The zero-order valence-corrected chi connectivity index (χ0v) is 11.1. The van der Waals surface area contributed by atoms with E-state index in [0.29, 0.717) is 6.61 Å². The number of rotatable bonds is 7. The van der Waals surface area contributed by atoms with Crippen molar-refractivity contribution in [2.45, 2.75) is 25.0 Å². The molecule has 2 atom stereocenters. The van der Waals surface area contributed by atoms with Gasteiger partial charge in [0.15, 0.2) is 0 Å². The van der Waals surface area contributed by atoms with Crippen LogP contribution in [0, 0.1) is 0 Å². The molecule has 0 spiro atoms. The number of halogens is 1. The number of carbonyl (C=O) groups excluding carboxylic acids is 1. The van der Waals surface area contributed by atoms with E-state index in [1.165, 1.54) is 0 Å². The molecule has 0 fully saturated rings. The van der Waals surface area contributed by atoms with E-state index in [4.69, 9.17) is 16.3 Å². The van der Waals surface area contributed by atoms with Crippen molar-refractivity contribution in [2.24, 2.45) is 0 Å². The van der Waals surface area contributed by atoms with E-state index >= 15 is 0 Å².